The van der Waals surface area contributed by atoms with E-state index in [-0.39, 0.29) is 11.8 Å². The summed E-state index contributed by atoms with van der Waals surface area (Å²) in [6.45, 7) is 1.55. The largest absolute Gasteiger partial charge is 0.508 e. The van der Waals surface area contributed by atoms with Crippen LogP contribution in [0.3, 0.4) is 0 Å². The molecule has 0 spiro atoms. The van der Waals surface area contributed by atoms with Crippen molar-refractivity contribution in [1.29, 1.82) is 0 Å². The lowest BCUT2D eigenvalue weighted by Crippen LogP contribution is -2.42. The highest BCUT2D eigenvalue weighted by Crippen LogP contribution is 2.33. The summed E-state index contributed by atoms with van der Waals surface area (Å²) in [6, 6.07) is 10.7. The van der Waals surface area contributed by atoms with Crippen molar-refractivity contribution >= 4 is 6.03 Å². The Bertz CT molecular complexity index is 776. The summed E-state index contributed by atoms with van der Waals surface area (Å²) in [5, 5.41) is 12.4. The van der Waals surface area contributed by atoms with Crippen LogP contribution < -0.4 is 14.8 Å². The predicted octanol–water partition coefficient (Wildman–Crippen LogP) is 2.68. The first-order valence-electron chi connectivity index (χ1n) is 8.15. The molecule has 0 fully saturated rings. The SMILES string of the molecule is COc1cc2c(cc1OC)CN(C(=O)NCc1cccc(O)c1)CC2. The molecule has 1 aliphatic heterocycles. The fourth-order valence-electron chi connectivity index (χ4n) is 3.01. The molecule has 2 N–H and O–H groups in total. The van der Waals surface area contributed by atoms with E-state index in [1.807, 2.05) is 18.2 Å². The monoisotopic (exact) mass is 342 g/mol. The van der Waals surface area contributed by atoms with E-state index >= 15 is 0 Å². The topological polar surface area (TPSA) is 71.0 Å². The number of amides is 2. The van der Waals surface area contributed by atoms with Crippen molar-refractivity contribution in [2.75, 3.05) is 20.8 Å². The summed E-state index contributed by atoms with van der Waals surface area (Å²) >= 11 is 0. The van der Waals surface area contributed by atoms with Crippen LogP contribution in [0.25, 0.3) is 0 Å². The standard InChI is InChI=1S/C19H22N2O4/c1-24-17-9-14-6-7-21(12-15(14)10-18(17)25-2)19(23)20-11-13-4-3-5-16(22)8-13/h3-5,8-10,22H,6-7,11-12H2,1-2H3,(H,20,23). The van der Waals surface area contributed by atoms with Crippen LogP contribution >= 0.6 is 0 Å². The second-order valence-electron chi connectivity index (χ2n) is 5.98. The molecule has 25 heavy (non-hydrogen) atoms. The van der Waals surface area contributed by atoms with Gasteiger partial charge in [0.25, 0.3) is 0 Å². The Balaban J connectivity index is 1.66. The zero-order valence-electron chi connectivity index (χ0n) is 14.4. The van der Waals surface area contributed by atoms with Crippen molar-refractivity contribution in [3.05, 3.63) is 53.1 Å². The van der Waals surface area contributed by atoms with Crippen molar-refractivity contribution in [1.82, 2.24) is 10.2 Å². The molecule has 1 heterocycles. The van der Waals surface area contributed by atoms with E-state index in [0.29, 0.717) is 31.1 Å². The van der Waals surface area contributed by atoms with Gasteiger partial charge in [-0.2, -0.15) is 0 Å². The van der Waals surface area contributed by atoms with Crippen LogP contribution in [0, 0.1) is 0 Å². The van der Waals surface area contributed by atoms with Gasteiger partial charge in [-0.05, 0) is 47.4 Å². The summed E-state index contributed by atoms with van der Waals surface area (Å²) < 4.78 is 10.7. The molecule has 0 atom stereocenters. The normalized spacial score (nSPS) is 13.1. The fraction of sp³-hybridized carbons (Fsp3) is 0.316. The van der Waals surface area contributed by atoms with Gasteiger partial charge < -0.3 is 24.8 Å². The van der Waals surface area contributed by atoms with Crippen molar-refractivity contribution in [3.63, 3.8) is 0 Å². The highest BCUT2D eigenvalue weighted by Gasteiger charge is 2.22. The van der Waals surface area contributed by atoms with E-state index in [1.165, 1.54) is 5.56 Å². The molecule has 2 aromatic carbocycles. The maximum Gasteiger partial charge on any atom is 0.317 e. The summed E-state index contributed by atoms with van der Waals surface area (Å²) in [6.07, 6.45) is 0.773. The minimum Gasteiger partial charge on any atom is -0.508 e. The molecular formula is C19H22N2O4. The highest BCUT2D eigenvalue weighted by molar-refractivity contribution is 5.74. The van der Waals surface area contributed by atoms with E-state index in [0.717, 1.165) is 17.5 Å². The first-order valence-corrected chi connectivity index (χ1v) is 8.15. The van der Waals surface area contributed by atoms with Crippen molar-refractivity contribution in [3.8, 4) is 17.2 Å². The number of phenolic OH excluding ortho intramolecular Hbond substituents is 1. The summed E-state index contributed by atoms with van der Waals surface area (Å²) in [5.41, 5.74) is 3.10. The lowest BCUT2D eigenvalue weighted by Gasteiger charge is -2.29. The van der Waals surface area contributed by atoms with Gasteiger partial charge in [-0.3, -0.25) is 0 Å². The number of benzene rings is 2. The minimum absolute atomic E-state index is 0.122. The number of rotatable bonds is 4. The number of phenols is 1. The third-order valence-electron chi connectivity index (χ3n) is 4.36. The lowest BCUT2D eigenvalue weighted by molar-refractivity contribution is 0.191. The maximum absolute atomic E-state index is 12.4. The van der Waals surface area contributed by atoms with Crippen LogP contribution in [-0.2, 0) is 19.5 Å². The van der Waals surface area contributed by atoms with Crippen LogP contribution in [0.15, 0.2) is 36.4 Å². The number of hydrogen-bond acceptors (Lipinski definition) is 4. The number of urea groups is 1. The number of fused-ring (bicyclic) bond motifs is 1. The summed E-state index contributed by atoms with van der Waals surface area (Å²) in [5.74, 6) is 1.57. The molecule has 3 rings (SSSR count). The van der Waals surface area contributed by atoms with E-state index in [9.17, 15) is 9.90 Å². The van der Waals surface area contributed by atoms with E-state index < -0.39 is 0 Å². The van der Waals surface area contributed by atoms with Crippen LogP contribution in [0.4, 0.5) is 4.79 Å². The third-order valence-corrected chi connectivity index (χ3v) is 4.36. The number of aromatic hydroxyl groups is 1. The number of methoxy groups -OCH3 is 2. The number of hydrogen-bond donors (Lipinski definition) is 2. The maximum atomic E-state index is 12.4. The Labute approximate surface area is 147 Å². The Morgan fingerprint density at radius 3 is 2.56 bits per heavy atom. The molecule has 6 heteroatoms. The first-order chi connectivity index (χ1) is 12.1. The average Bonchev–Trinajstić information content (AvgIpc) is 2.64. The molecule has 0 bridgehead atoms. The van der Waals surface area contributed by atoms with Crippen LogP contribution in [0.2, 0.25) is 0 Å². The molecule has 0 aromatic heterocycles. The summed E-state index contributed by atoms with van der Waals surface area (Å²) in [4.78, 5) is 14.2. The van der Waals surface area contributed by atoms with Crippen molar-refractivity contribution in [2.45, 2.75) is 19.5 Å². The van der Waals surface area contributed by atoms with E-state index in [2.05, 4.69) is 5.32 Å². The first kappa shape index (κ1) is 17.0. The van der Waals surface area contributed by atoms with Gasteiger partial charge >= 0.3 is 6.03 Å². The van der Waals surface area contributed by atoms with Gasteiger partial charge in [0.15, 0.2) is 11.5 Å². The Kier molecular flexibility index (Phi) is 4.97. The predicted molar refractivity (Wildman–Crippen MR) is 94.0 cm³/mol. The molecule has 0 unspecified atom stereocenters. The van der Waals surface area contributed by atoms with Crippen LogP contribution in [0.1, 0.15) is 16.7 Å². The molecule has 6 nitrogen and oxygen atoms in total. The fourth-order valence-corrected chi connectivity index (χ4v) is 3.01. The minimum atomic E-state index is -0.122. The Morgan fingerprint density at radius 1 is 1.16 bits per heavy atom. The zero-order chi connectivity index (χ0) is 17.8. The van der Waals surface area contributed by atoms with Gasteiger partial charge in [0.2, 0.25) is 0 Å². The molecule has 132 valence electrons. The van der Waals surface area contributed by atoms with Gasteiger partial charge in [-0.1, -0.05) is 12.1 Å². The molecule has 2 amide bonds. The van der Waals surface area contributed by atoms with Crippen LogP contribution in [0.5, 0.6) is 17.2 Å². The van der Waals surface area contributed by atoms with Crippen molar-refractivity contribution in [2.24, 2.45) is 0 Å². The molecule has 0 saturated heterocycles. The zero-order valence-corrected chi connectivity index (χ0v) is 14.4. The second kappa shape index (κ2) is 7.34. The number of ether oxygens (including phenoxy) is 2. The van der Waals surface area contributed by atoms with Gasteiger partial charge in [0.1, 0.15) is 5.75 Å². The van der Waals surface area contributed by atoms with Gasteiger partial charge in [-0.25, -0.2) is 4.79 Å². The molecular weight excluding hydrogens is 320 g/mol. The Hall–Kier alpha value is -2.89. The molecule has 1 aliphatic rings. The number of nitrogens with one attached hydrogen (secondary N) is 1. The second-order valence-corrected chi connectivity index (χ2v) is 5.98. The van der Waals surface area contributed by atoms with Gasteiger partial charge in [-0.15, -0.1) is 0 Å². The van der Waals surface area contributed by atoms with Gasteiger partial charge in [0.05, 0.1) is 14.2 Å². The number of nitrogens with zero attached hydrogens (tertiary/aromatic N) is 1. The highest BCUT2D eigenvalue weighted by atomic mass is 16.5. The van der Waals surface area contributed by atoms with Crippen molar-refractivity contribution < 1.29 is 19.4 Å². The van der Waals surface area contributed by atoms with Crippen LogP contribution in [-0.4, -0.2) is 36.8 Å². The Morgan fingerprint density at radius 2 is 1.88 bits per heavy atom. The molecule has 2 aromatic rings. The molecule has 0 aliphatic carbocycles. The number of carbonyl (C=O) groups is 1. The van der Waals surface area contributed by atoms with Gasteiger partial charge in [0, 0.05) is 19.6 Å². The smallest absolute Gasteiger partial charge is 0.317 e. The lowest BCUT2D eigenvalue weighted by atomic mass is 9.99. The molecule has 0 saturated carbocycles. The summed E-state index contributed by atoms with van der Waals surface area (Å²) in [7, 11) is 3.22. The number of carbonyl (C=O) groups excluding carboxylic acids is 1. The van der Waals surface area contributed by atoms with E-state index in [1.54, 1.807) is 37.3 Å². The van der Waals surface area contributed by atoms with E-state index in [4.69, 9.17) is 9.47 Å². The third kappa shape index (κ3) is 3.79. The molecule has 0 radical (unpaired) electrons. The average molecular weight is 342 g/mol. The quantitative estimate of drug-likeness (QED) is 0.896.